The zero-order valence-corrected chi connectivity index (χ0v) is 18.9. The lowest BCUT2D eigenvalue weighted by molar-refractivity contribution is -0.115. The van der Waals surface area contributed by atoms with Gasteiger partial charge in [-0.2, -0.15) is 0 Å². The van der Waals surface area contributed by atoms with E-state index >= 15 is 0 Å². The van der Waals surface area contributed by atoms with Gasteiger partial charge in [0.1, 0.15) is 11.4 Å². The van der Waals surface area contributed by atoms with Gasteiger partial charge in [0.25, 0.3) is 0 Å². The fourth-order valence-electron chi connectivity index (χ4n) is 4.21. The second-order valence-electron chi connectivity index (χ2n) is 8.45. The molecule has 1 aliphatic carbocycles. The van der Waals surface area contributed by atoms with E-state index < -0.39 is 47.0 Å². The van der Waals surface area contributed by atoms with E-state index in [1.807, 2.05) is 6.07 Å². The standard InChI is InChI=1S/C26H17F5N4O2/c27-19-16(20(28)22(30)23(31)21(19)29)10-18(37)34-26-24(11-1-5-14(36)6-2-11)35-25-15-7-4-13(32)9-12(15)3-8-17(25)33-26/h1-2,4-7,9,36H,3,8,10,32H2,(H,33,34,37). The molecule has 0 spiro atoms. The lowest BCUT2D eigenvalue weighted by atomic mass is 9.91. The minimum atomic E-state index is -2.31. The lowest BCUT2D eigenvalue weighted by Gasteiger charge is -2.21. The highest BCUT2D eigenvalue weighted by molar-refractivity contribution is 5.95. The van der Waals surface area contributed by atoms with Crippen molar-refractivity contribution >= 4 is 17.4 Å². The van der Waals surface area contributed by atoms with Crippen molar-refractivity contribution in [3.8, 4) is 28.3 Å². The number of nitrogens with one attached hydrogen (secondary N) is 1. The topological polar surface area (TPSA) is 101 Å². The number of aryl methyl sites for hydroxylation is 2. The first kappa shape index (κ1) is 24.2. The van der Waals surface area contributed by atoms with Crippen LogP contribution in [0.5, 0.6) is 5.75 Å². The lowest BCUT2D eigenvalue weighted by Crippen LogP contribution is -2.21. The maximum atomic E-state index is 14.1. The van der Waals surface area contributed by atoms with Crippen molar-refractivity contribution in [2.24, 2.45) is 0 Å². The summed E-state index contributed by atoms with van der Waals surface area (Å²) in [6.45, 7) is 0. The van der Waals surface area contributed by atoms with Gasteiger partial charge in [-0.15, -0.1) is 0 Å². The molecule has 4 aromatic rings. The van der Waals surface area contributed by atoms with E-state index in [1.165, 1.54) is 24.3 Å². The third-order valence-corrected chi connectivity index (χ3v) is 6.02. The van der Waals surface area contributed by atoms with E-state index in [-0.39, 0.29) is 17.3 Å². The van der Waals surface area contributed by atoms with Gasteiger partial charge < -0.3 is 16.2 Å². The van der Waals surface area contributed by atoms with Crippen LogP contribution >= 0.6 is 0 Å². The predicted molar refractivity (Wildman–Crippen MR) is 125 cm³/mol. The van der Waals surface area contributed by atoms with E-state index in [1.54, 1.807) is 12.1 Å². The molecule has 6 nitrogen and oxygen atoms in total. The Labute approximate surface area is 206 Å². The smallest absolute Gasteiger partial charge is 0.230 e. The van der Waals surface area contributed by atoms with Crippen LogP contribution in [-0.4, -0.2) is 21.0 Å². The number of amides is 1. The van der Waals surface area contributed by atoms with Crippen molar-refractivity contribution in [1.82, 2.24) is 9.97 Å². The summed E-state index contributed by atoms with van der Waals surface area (Å²) in [6, 6.07) is 11.2. The number of anilines is 2. The molecular weight excluding hydrogens is 495 g/mol. The van der Waals surface area contributed by atoms with Crippen LogP contribution in [0.15, 0.2) is 42.5 Å². The Morgan fingerprint density at radius 1 is 0.865 bits per heavy atom. The largest absolute Gasteiger partial charge is 0.508 e. The van der Waals surface area contributed by atoms with Crippen molar-refractivity contribution in [2.45, 2.75) is 19.3 Å². The Hall–Kier alpha value is -4.54. The van der Waals surface area contributed by atoms with E-state index in [9.17, 15) is 31.9 Å². The maximum absolute atomic E-state index is 14.1. The Kier molecular flexibility index (Phi) is 5.98. The quantitative estimate of drug-likeness (QED) is 0.153. The highest BCUT2D eigenvalue weighted by Crippen LogP contribution is 2.37. The second kappa shape index (κ2) is 9.16. The number of rotatable bonds is 4. The van der Waals surface area contributed by atoms with Crippen molar-refractivity contribution in [1.29, 1.82) is 0 Å². The van der Waals surface area contributed by atoms with Gasteiger partial charge in [-0.05, 0) is 54.8 Å². The number of aromatic hydroxyl groups is 1. The second-order valence-corrected chi connectivity index (χ2v) is 8.45. The summed E-state index contributed by atoms with van der Waals surface area (Å²) in [5.41, 5.74) is 8.67. The molecule has 0 bridgehead atoms. The van der Waals surface area contributed by atoms with Gasteiger partial charge in [0.2, 0.25) is 11.7 Å². The number of nitrogen functional groups attached to an aromatic ring is 1. The first-order valence-corrected chi connectivity index (χ1v) is 11.0. The Morgan fingerprint density at radius 2 is 1.51 bits per heavy atom. The molecule has 1 aliphatic rings. The maximum Gasteiger partial charge on any atom is 0.230 e. The third-order valence-electron chi connectivity index (χ3n) is 6.02. The number of phenolic OH excluding ortho intramolecular Hbond substituents is 1. The summed E-state index contributed by atoms with van der Waals surface area (Å²) in [5.74, 6) is -11.9. The van der Waals surface area contributed by atoms with Crippen LogP contribution in [0, 0.1) is 29.1 Å². The third kappa shape index (κ3) is 4.32. The van der Waals surface area contributed by atoms with Gasteiger partial charge in [0, 0.05) is 22.4 Å². The number of benzene rings is 3. The summed E-state index contributed by atoms with van der Waals surface area (Å²) >= 11 is 0. The van der Waals surface area contributed by atoms with Crippen LogP contribution in [0.2, 0.25) is 0 Å². The first-order valence-electron chi connectivity index (χ1n) is 11.0. The van der Waals surface area contributed by atoms with E-state index in [2.05, 4.69) is 10.3 Å². The molecule has 11 heteroatoms. The normalized spacial score (nSPS) is 12.1. The summed E-state index contributed by atoms with van der Waals surface area (Å²) in [7, 11) is 0. The molecule has 4 N–H and O–H groups in total. The number of phenols is 1. The first-order chi connectivity index (χ1) is 17.6. The average molecular weight is 512 g/mol. The highest BCUT2D eigenvalue weighted by Gasteiger charge is 2.28. The molecule has 0 radical (unpaired) electrons. The fourth-order valence-corrected chi connectivity index (χ4v) is 4.21. The Balaban J connectivity index is 1.57. The number of carbonyl (C=O) groups is 1. The SMILES string of the molecule is Nc1ccc2c(c1)CCc1nc(NC(=O)Cc3c(F)c(F)c(F)c(F)c3F)c(-c3ccc(O)cc3)nc1-2. The zero-order valence-electron chi connectivity index (χ0n) is 18.9. The van der Waals surface area contributed by atoms with Gasteiger partial charge in [-0.1, -0.05) is 6.07 Å². The summed E-state index contributed by atoms with van der Waals surface area (Å²) < 4.78 is 68.8. The van der Waals surface area contributed by atoms with Crippen LogP contribution in [0.4, 0.5) is 33.5 Å². The van der Waals surface area contributed by atoms with Crippen LogP contribution in [0.1, 0.15) is 16.8 Å². The molecule has 37 heavy (non-hydrogen) atoms. The molecule has 0 saturated carbocycles. The van der Waals surface area contributed by atoms with Gasteiger partial charge in [-0.3, -0.25) is 4.79 Å². The minimum Gasteiger partial charge on any atom is -0.508 e. The molecule has 3 aromatic carbocycles. The number of nitrogens with two attached hydrogens (primary N) is 1. The summed E-state index contributed by atoms with van der Waals surface area (Å²) in [4.78, 5) is 22.0. The highest BCUT2D eigenvalue weighted by atomic mass is 19.2. The fraction of sp³-hybridized carbons (Fsp3) is 0.115. The van der Waals surface area contributed by atoms with Crippen LogP contribution < -0.4 is 11.1 Å². The Bertz CT molecular complexity index is 1550. The summed E-state index contributed by atoms with van der Waals surface area (Å²) in [5, 5.41) is 12.1. The van der Waals surface area contributed by atoms with Gasteiger partial charge in [-0.25, -0.2) is 31.9 Å². The number of hydrogen-bond acceptors (Lipinski definition) is 5. The van der Waals surface area contributed by atoms with Crippen LogP contribution in [-0.2, 0) is 24.1 Å². The number of carbonyl (C=O) groups excluding carboxylic acids is 1. The number of nitrogens with zero attached hydrogens (tertiary/aromatic N) is 2. The average Bonchev–Trinajstić information content (AvgIpc) is 2.88. The molecular formula is C26H17F5N4O2. The summed E-state index contributed by atoms with van der Waals surface area (Å²) in [6.07, 6.45) is -0.0879. The molecule has 0 atom stereocenters. The number of aromatic nitrogens is 2. The van der Waals surface area contributed by atoms with Crippen LogP contribution in [0.25, 0.3) is 22.5 Å². The number of hydrogen-bond donors (Lipinski definition) is 3. The van der Waals surface area contributed by atoms with E-state index in [0.29, 0.717) is 35.5 Å². The van der Waals surface area contributed by atoms with Gasteiger partial charge in [0.05, 0.1) is 17.8 Å². The van der Waals surface area contributed by atoms with E-state index in [4.69, 9.17) is 10.7 Å². The van der Waals surface area contributed by atoms with E-state index in [0.717, 1.165) is 11.1 Å². The molecule has 1 heterocycles. The van der Waals surface area contributed by atoms with Crippen molar-refractivity contribution in [3.63, 3.8) is 0 Å². The molecule has 0 fully saturated rings. The number of fused-ring (bicyclic) bond motifs is 3. The monoisotopic (exact) mass is 512 g/mol. The molecule has 1 amide bonds. The minimum absolute atomic E-state index is 0.0209. The molecule has 188 valence electrons. The van der Waals surface area contributed by atoms with Crippen LogP contribution in [0.3, 0.4) is 0 Å². The van der Waals surface area contributed by atoms with Crippen molar-refractivity contribution < 1.29 is 31.9 Å². The number of halogens is 5. The molecule has 0 unspecified atom stereocenters. The molecule has 1 aromatic heterocycles. The van der Waals surface area contributed by atoms with Crippen molar-refractivity contribution in [3.05, 3.63) is 88.4 Å². The molecule has 0 aliphatic heterocycles. The van der Waals surface area contributed by atoms with Crippen molar-refractivity contribution in [2.75, 3.05) is 11.1 Å². The molecule has 0 saturated heterocycles. The van der Waals surface area contributed by atoms with Gasteiger partial charge in [0.15, 0.2) is 29.1 Å². The predicted octanol–water partition coefficient (Wildman–Crippen LogP) is 5.07. The van der Waals surface area contributed by atoms with Gasteiger partial charge >= 0.3 is 0 Å². The zero-order chi connectivity index (χ0) is 26.4. The Morgan fingerprint density at radius 3 is 2.19 bits per heavy atom. The molecule has 5 rings (SSSR count).